The number of carbonyl (C=O) groups excluding carboxylic acids is 1. The van der Waals surface area contributed by atoms with Crippen molar-refractivity contribution >= 4 is 35.8 Å². The van der Waals surface area contributed by atoms with E-state index in [9.17, 15) is 9.90 Å². The van der Waals surface area contributed by atoms with Crippen molar-refractivity contribution in [2.24, 2.45) is 10.4 Å². The molecule has 160 valence electrons. The molecule has 3 N–H and O–H groups in total. The number of hydrogen-bond donors (Lipinski definition) is 3. The average Bonchev–Trinajstić information content (AvgIpc) is 2.65. The monoisotopic (exact) mass is 496 g/mol. The van der Waals surface area contributed by atoms with Crippen LogP contribution in [0.5, 0.6) is 0 Å². The normalized spacial score (nSPS) is 18.0. The molecule has 1 atom stereocenters. The zero-order chi connectivity index (χ0) is 19.4. The van der Waals surface area contributed by atoms with Gasteiger partial charge in [-0.1, -0.05) is 13.8 Å². The fourth-order valence-corrected chi connectivity index (χ4v) is 3.63. The Hall–Kier alpha value is -0.570. The van der Waals surface area contributed by atoms with E-state index in [1.807, 2.05) is 11.8 Å². The molecule has 1 rings (SSSR count). The van der Waals surface area contributed by atoms with Crippen LogP contribution in [0.15, 0.2) is 4.99 Å². The Morgan fingerprint density at radius 3 is 2.48 bits per heavy atom. The average molecular weight is 496 g/mol. The summed E-state index contributed by atoms with van der Waals surface area (Å²) in [5, 5.41) is 15.9. The number of aliphatic hydroxyl groups excluding tert-OH is 1. The third-order valence-electron chi connectivity index (χ3n) is 5.81. The molecule has 1 heterocycles. The molecule has 1 aliphatic rings. The first-order chi connectivity index (χ1) is 12.5. The van der Waals surface area contributed by atoms with Gasteiger partial charge in [-0.2, -0.15) is 0 Å². The van der Waals surface area contributed by atoms with Gasteiger partial charge in [-0.05, 0) is 57.8 Å². The summed E-state index contributed by atoms with van der Waals surface area (Å²) in [6.07, 6.45) is 6.73. The lowest BCUT2D eigenvalue weighted by Gasteiger charge is -2.33. The van der Waals surface area contributed by atoms with E-state index in [4.69, 9.17) is 4.99 Å². The van der Waals surface area contributed by atoms with Gasteiger partial charge in [0, 0.05) is 45.2 Å². The minimum atomic E-state index is 0. The standard InChI is InChI=1S/C20H40N4O2.HI/c1-5-20(6-2,12-15-25)16-23-19(21-7-3)22-13-11-18(26)24-14-9-8-10-17(24)4;/h17,25H,5-16H2,1-4H3,(H2,21,22,23);1H. The number of carbonyl (C=O) groups is 1. The summed E-state index contributed by atoms with van der Waals surface area (Å²) in [4.78, 5) is 19.2. The number of aliphatic imine (C=N–C) groups is 1. The molecular weight excluding hydrogens is 455 g/mol. The summed E-state index contributed by atoms with van der Waals surface area (Å²) < 4.78 is 0. The molecular formula is C20H41IN4O2. The predicted octanol–water partition coefficient (Wildman–Crippen LogP) is 3.14. The van der Waals surface area contributed by atoms with E-state index >= 15 is 0 Å². The van der Waals surface area contributed by atoms with Crippen molar-refractivity contribution in [2.75, 3.05) is 32.8 Å². The Kier molecular flexibility index (Phi) is 14.1. The van der Waals surface area contributed by atoms with Gasteiger partial charge in [0.1, 0.15) is 0 Å². The number of likely N-dealkylation sites (tertiary alicyclic amines) is 1. The van der Waals surface area contributed by atoms with Gasteiger partial charge >= 0.3 is 0 Å². The number of aliphatic hydroxyl groups is 1. The van der Waals surface area contributed by atoms with Crippen LogP contribution in [0, 0.1) is 5.41 Å². The quantitative estimate of drug-likeness (QED) is 0.247. The summed E-state index contributed by atoms with van der Waals surface area (Å²) in [6.45, 7) is 11.7. The van der Waals surface area contributed by atoms with Crippen LogP contribution in [0.25, 0.3) is 0 Å². The van der Waals surface area contributed by atoms with Gasteiger partial charge < -0.3 is 20.6 Å². The highest BCUT2D eigenvalue weighted by Crippen LogP contribution is 2.30. The molecule has 0 bridgehead atoms. The fourth-order valence-electron chi connectivity index (χ4n) is 3.63. The second kappa shape index (κ2) is 14.4. The number of piperidine rings is 1. The van der Waals surface area contributed by atoms with Crippen LogP contribution < -0.4 is 10.6 Å². The van der Waals surface area contributed by atoms with E-state index in [-0.39, 0.29) is 41.9 Å². The van der Waals surface area contributed by atoms with E-state index < -0.39 is 0 Å². The van der Waals surface area contributed by atoms with Gasteiger partial charge in [0.2, 0.25) is 5.91 Å². The first-order valence-corrected chi connectivity index (χ1v) is 10.4. The fraction of sp³-hybridized carbons (Fsp3) is 0.900. The second-order valence-corrected chi connectivity index (χ2v) is 7.48. The van der Waals surface area contributed by atoms with Crippen molar-refractivity contribution in [1.82, 2.24) is 15.5 Å². The maximum atomic E-state index is 12.4. The first kappa shape index (κ1) is 26.4. The summed E-state index contributed by atoms with van der Waals surface area (Å²) in [5.74, 6) is 0.994. The Morgan fingerprint density at radius 1 is 1.22 bits per heavy atom. The lowest BCUT2D eigenvalue weighted by molar-refractivity contribution is -0.134. The molecule has 0 aromatic rings. The van der Waals surface area contributed by atoms with Crippen LogP contribution in [0.4, 0.5) is 0 Å². The Labute approximate surface area is 183 Å². The zero-order valence-corrected chi connectivity index (χ0v) is 20.1. The maximum Gasteiger partial charge on any atom is 0.224 e. The van der Waals surface area contributed by atoms with E-state index in [0.717, 1.165) is 51.2 Å². The van der Waals surface area contributed by atoms with Gasteiger partial charge in [-0.3, -0.25) is 9.79 Å². The molecule has 0 radical (unpaired) electrons. The third-order valence-corrected chi connectivity index (χ3v) is 5.81. The maximum absolute atomic E-state index is 12.4. The van der Waals surface area contributed by atoms with Crippen molar-refractivity contribution < 1.29 is 9.90 Å². The number of guanidine groups is 1. The van der Waals surface area contributed by atoms with Crippen LogP contribution in [0.3, 0.4) is 0 Å². The van der Waals surface area contributed by atoms with Crippen molar-refractivity contribution in [3.05, 3.63) is 0 Å². The predicted molar refractivity (Wildman–Crippen MR) is 124 cm³/mol. The molecule has 27 heavy (non-hydrogen) atoms. The first-order valence-electron chi connectivity index (χ1n) is 10.4. The highest BCUT2D eigenvalue weighted by molar-refractivity contribution is 14.0. The number of halogens is 1. The molecule has 0 saturated carbocycles. The molecule has 1 saturated heterocycles. The molecule has 0 spiro atoms. The molecule has 0 aromatic carbocycles. The lowest BCUT2D eigenvalue weighted by Crippen LogP contribution is -2.44. The molecule has 1 fully saturated rings. The number of nitrogens with one attached hydrogen (secondary N) is 2. The number of hydrogen-bond acceptors (Lipinski definition) is 3. The number of amides is 1. The van der Waals surface area contributed by atoms with Gasteiger partial charge in [0.05, 0.1) is 0 Å². The Bertz CT molecular complexity index is 442. The topological polar surface area (TPSA) is 77.0 Å². The van der Waals surface area contributed by atoms with Crippen molar-refractivity contribution in [2.45, 2.75) is 78.7 Å². The molecule has 1 aliphatic heterocycles. The molecule has 0 aromatic heterocycles. The Morgan fingerprint density at radius 2 is 1.93 bits per heavy atom. The van der Waals surface area contributed by atoms with Crippen LogP contribution >= 0.6 is 24.0 Å². The van der Waals surface area contributed by atoms with Gasteiger partial charge in [0.15, 0.2) is 5.96 Å². The number of nitrogens with zero attached hydrogens (tertiary/aromatic N) is 2. The zero-order valence-electron chi connectivity index (χ0n) is 17.7. The van der Waals surface area contributed by atoms with Crippen LogP contribution in [-0.4, -0.2) is 60.7 Å². The highest BCUT2D eigenvalue weighted by Gasteiger charge is 2.25. The molecule has 1 unspecified atom stereocenters. The van der Waals surface area contributed by atoms with E-state index in [1.165, 1.54) is 6.42 Å². The lowest BCUT2D eigenvalue weighted by atomic mass is 9.79. The summed E-state index contributed by atoms with van der Waals surface area (Å²) in [6, 6.07) is 0.367. The van der Waals surface area contributed by atoms with Crippen LogP contribution in [0.2, 0.25) is 0 Å². The van der Waals surface area contributed by atoms with Crippen LogP contribution in [0.1, 0.15) is 72.6 Å². The van der Waals surface area contributed by atoms with Crippen molar-refractivity contribution in [3.63, 3.8) is 0 Å². The van der Waals surface area contributed by atoms with Crippen molar-refractivity contribution in [3.8, 4) is 0 Å². The number of rotatable bonds is 10. The van der Waals surface area contributed by atoms with Gasteiger partial charge in [-0.25, -0.2) is 0 Å². The van der Waals surface area contributed by atoms with Crippen LogP contribution in [-0.2, 0) is 4.79 Å². The molecule has 0 aliphatic carbocycles. The van der Waals surface area contributed by atoms with E-state index in [1.54, 1.807) is 0 Å². The summed E-state index contributed by atoms with van der Waals surface area (Å²) >= 11 is 0. The molecule has 1 amide bonds. The van der Waals surface area contributed by atoms with E-state index in [0.29, 0.717) is 25.6 Å². The largest absolute Gasteiger partial charge is 0.396 e. The Balaban J connectivity index is 0.00000676. The second-order valence-electron chi connectivity index (χ2n) is 7.48. The smallest absolute Gasteiger partial charge is 0.224 e. The van der Waals surface area contributed by atoms with E-state index in [2.05, 4.69) is 31.4 Å². The highest BCUT2D eigenvalue weighted by atomic mass is 127. The summed E-state index contributed by atoms with van der Waals surface area (Å²) in [7, 11) is 0. The van der Waals surface area contributed by atoms with Crippen molar-refractivity contribution in [1.29, 1.82) is 0 Å². The molecule has 6 nitrogen and oxygen atoms in total. The minimum absolute atomic E-state index is 0. The minimum Gasteiger partial charge on any atom is -0.396 e. The summed E-state index contributed by atoms with van der Waals surface area (Å²) in [5.41, 5.74) is 0.0517. The SMILES string of the molecule is CCNC(=NCC(CC)(CC)CCO)NCCC(=O)N1CCCCC1C.I. The van der Waals surface area contributed by atoms with Gasteiger partial charge in [-0.15, -0.1) is 24.0 Å². The third kappa shape index (κ3) is 8.98. The van der Waals surface area contributed by atoms with Gasteiger partial charge in [0.25, 0.3) is 0 Å². The molecule has 7 heteroatoms.